The molecule has 0 amide bonds. The zero-order valence-electron chi connectivity index (χ0n) is 10.0. The van der Waals surface area contributed by atoms with Crippen LogP contribution in [0.15, 0.2) is 48.5 Å². The molecule has 0 aliphatic carbocycles. The Labute approximate surface area is 101 Å². The zero-order chi connectivity index (χ0) is 12.5. The summed E-state index contributed by atoms with van der Waals surface area (Å²) in [6, 6.07) is 14.6. The highest BCUT2D eigenvalue weighted by Gasteiger charge is 2.28. The van der Waals surface area contributed by atoms with Gasteiger partial charge in [0.2, 0.25) is 0 Å². The minimum atomic E-state index is -1.18. The lowest BCUT2D eigenvalue weighted by molar-refractivity contribution is 0.0991. The Bertz CT molecular complexity index is 516. The molecule has 0 saturated heterocycles. The van der Waals surface area contributed by atoms with E-state index < -0.39 is 5.60 Å². The van der Waals surface area contributed by atoms with Crippen LogP contribution in [0.2, 0.25) is 0 Å². The van der Waals surface area contributed by atoms with Crippen LogP contribution in [-0.4, -0.2) is 10.2 Å². The van der Waals surface area contributed by atoms with E-state index in [0.717, 1.165) is 11.1 Å². The van der Waals surface area contributed by atoms with Gasteiger partial charge in [-0.1, -0.05) is 42.0 Å². The van der Waals surface area contributed by atoms with Gasteiger partial charge in [0.15, 0.2) is 0 Å². The molecule has 2 heteroatoms. The van der Waals surface area contributed by atoms with Crippen LogP contribution in [0.1, 0.15) is 23.6 Å². The molecule has 2 rings (SSSR count). The Balaban J connectivity index is 2.55. The molecule has 0 spiro atoms. The van der Waals surface area contributed by atoms with Crippen molar-refractivity contribution in [1.29, 1.82) is 0 Å². The number of aryl methyl sites for hydroxylation is 1. The summed E-state index contributed by atoms with van der Waals surface area (Å²) in [4.78, 5) is 0. The van der Waals surface area contributed by atoms with E-state index >= 15 is 0 Å². The summed E-state index contributed by atoms with van der Waals surface area (Å²) in [5, 5.41) is 20.5. The van der Waals surface area contributed by atoms with E-state index in [0.29, 0.717) is 5.56 Å². The normalized spacial score (nSPS) is 14.3. The van der Waals surface area contributed by atoms with E-state index in [1.807, 2.05) is 49.4 Å². The van der Waals surface area contributed by atoms with Gasteiger partial charge in [-0.3, -0.25) is 0 Å². The van der Waals surface area contributed by atoms with Gasteiger partial charge in [-0.05, 0) is 31.5 Å². The average Bonchev–Trinajstić information content (AvgIpc) is 2.33. The van der Waals surface area contributed by atoms with Crippen molar-refractivity contribution >= 4 is 0 Å². The van der Waals surface area contributed by atoms with E-state index in [9.17, 15) is 10.2 Å². The summed E-state index contributed by atoms with van der Waals surface area (Å²) in [5.74, 6) is 0.115. The van der Waals surface area contributed by atoms with Crippen molar-refractivity contribution in [1.82, 2.24) is 0 Å². The van der Waals surface area contributed by atoms with Crippen molar-refractivity contribution in [2.75, 3.05) is 0 Å². The van der Waals surface area contributed by atoms with Gasteiger partial charge in [0.25, 0.3) is 0 Å². The van der Waals surface area contributed by atoms with Gasteiger partial charge in [0.05, 0.1) is 0 Å². The minimum absolute atomic E-state index is 0.115. The maximum absolute atomic E-state index is 10.6. The quantitative estimate of drug-likeness (QED) is 0.829. The molecule has 2 nitrogen and oxygen atoms in total. The Morgan fingerprint density at radius 1 is 1.00 bits per heavy atom. The molecule has 0 aliphatic heterocycles. The SMILES string of the molecule is Cc1ccc(O)c(C(C)(O)c2ccccc2)c1. The predicted molar refractivity (Wildman–Crippen MR) is 68.0 cm³/mol. The lowest BCUT2D eigenvalue weighted by atomic mass is 9.87. The van der Waals surface area contributed by atoms with Crippen LogP contribution in [0.4, 0.5) is 0 Å². The summed E-state index contributed by atoms with van der Waals surface area (Å²) < 4.78 is 0. The molecule has 0 radical (unpaired) electrons. The molecule has 0 fully saturated rings. The molecule has 1 unspecified atom stereocenters. The summed E-state index contributed by atoms with van der Waals surface area (Å²) in [6.07, 6.45) is 0. The standard InChI is InChI=1S/C15H16O2/c1-11-8-9-14(16)13(10-11)15(2,17)12-6-4-3-5-7-12/h3-10,16-17H,1-2H3. The number of phenolic OH excluding ortho intramolecular Hbond substituents is 1. The maximum Gasteiger partial charge on any atom is 0.122 e. The lowest BCUT2D eigenvalue weighted by Crippen LogP contribution is -2.22. The third-order valence-electron chi connectivity index (χ3n) is 3.01. The number of benzene rings is 2. The molecule has 0 aliphatic rings. The number of aliphatic hydroxyl groups is 1. The Morgan fingerprint density at radius 2 is 1.65 bits per heavy atom. The van der Waals surface area contributed by atoms with Crippen molar-refractivity contribution in [2.24, 2.45) is 0 Å². The van der Waals surface area contributed by atoms with Gasteiger partial charge in [-0.15, -0.1) is 0 Å². The summed E-state index contributed by atoms with van der Waals surface area (Å²) in [7, 11) is 0. The van der Waals surface area contributed by atoms with Crippen LogP contribution < -0.4 is 0 Å². The molecule has 0 heterocycles. The first-order valence-corrected chi connectivity index (χ1v) is 5.60. The van der Waals surface area contributed by atoms with Crippen molar-refractivity contribution < 1.29 is 10.2 Å². The number of hydrogen-bond acceptors (Lipinski definition) is 2. The molecule has 2 N–H and O–H groups in total. The topological polar surface area (TPSA) is 40.5 Å². The number of rotatable bonds is 2. The fourth-order valence-electron chi connectivity index (χ4n) is 1.96. The number of aromatic hydroxyl groups is 1. The third-order valence-corrected chi connectivity index (χ3v) is 3.01. The van der Waals surface area contributed by atoms with Gasteiger partial charge in [0, 0.05) is 5.56 Å². The molecule has 2 aromatic rings. The molecule has 17 heavy (non-hydrogen) atoms. The Kier molecular flexibility index (Phi) is 2.90. The Morgan fingerprint density at radius 3 is 2.29 bits per heavy atom. The summed E-state index contributed by atoms with van der Waals surface area (Å²) >= 11 is 0. The van der Waals surface area contributed by atoms with E-state index in [2.05, 4.69) is 0 Å². The van der Waals surface area contributed by atoms with Gasteiger partial charge in [-0.25, -0.2) is 0 Å². The van der Waals surface area contributed by atoms with Crippen LogP contribution >= 0.6 is 0 Å². The third kappa shape index (κ3) is 2.17. The average molecular weight is 228 g/mol. The van der Waals surface area contributed by atoms with Gasteiger partial charge >= 0.3 is 0 Å². The molecule has 2 aromatic carbocycles. The first-order valence-electron chi connectivity index (χ1n) is 5.60. The second kappa shape index (κ2) is 4.22. The molecule has 0 bridgehead atoms. The van der Waals surface area contributed by atoms with Crippen molar-refractivity contribution in [2.45, 2.75) is 19.4 Å². The highest BCUT2D eigenvalue weighted by Crippen LogP contribution is 2.35. The fourth-order valence-corrected chi connectivity index (χ4v) is 1.96. The van der Waals surface area contributed by atoms with Crippen LogP contribution in [-0.2, 0) is 5.60 Å². The monoisotopic (exact) mass is 228 g/mol. The van der Waals surface area contributed by atoms with Gasteiger partial charge < -0.3 is 10.2 Å². The molecular formula is C15H16O2. The molecule has 0 aromatic heterocycles. The smallest absolute Gasteiger partial charge is 0.122 e. The van der Waals surface area contributed by atoms with E-state index in [4.69, 9.17) is 0 Å². The van der Waals surface area contributed by atoms with Crippen LogP contribution in [0, 0.1) is 6.92 Å². The second-order valence-electron chi connectivity index (χ2n) is 4.46. The second-order valence-corrected chi connectivity index (χ2v) is 4.46. The first-order chi connectivity index (χ1) is 8.01. The van der Waals surface area contributed by atoms with Crippen molar-refractivity contribution in [3.05, 3.63) is 65.2 Å². The summed E-state index contributed by atoms with van der Waals surface area (Å²) in [6.45, 7) is 3.63. The maximum atomic E-state index is 10.6. The first kappa shape index (κ1) is 11.7. The Hall–Kier alpha value is -1.80. The predicted octanol–water partition coefficient (Wildman–Crippen LogP) is 2.96. The van der Waals surface area contributed by atoms with Crippen LogP contribution in [0.25, 0.3) is 0 Å². The van der Waals surface area contributed by atoms with Gasteiger partial charge in [-0.2, -0.15) is 0 Å². The van der Waals surface area contributed by atoms with Crippen molar-refractivity contribution in [3.63, 3.8) is 0 Å². The highest BCUT2D eigenvalue weighted by molar-refractivity contribution is 5.45. The van der Waals surface area contributed by atoms with E-state index in [1.54, 1.807) is 13.0 Å². The number of phenols is 1. The highest BCUT2D eigenvalue weighted by atomic mass is 16.3. The van der Waals surface area contributed by atoms with Crippen LogP contribution in [0.5, 0.6) is 5.75 Å². The zero-order valence-corrected chi connectivity index (χ0v) is 10.0. The molecule has 88 valence electrons. The molecule has 1 atom stereocenters. The number of hydrogen-bond donors (Lipinski definition) is 2. The summed E-state index contributed by atoms with van der Waals surface area (Å²) in [5.41, 5.74) is 1.12. The largest absolute Gasteiger partial charge is 0.508 e. The van der Waals surface area contributed by atoms with E-state index in [1.165, 1.54) is 0 Å². The van der Waals surface area contributed by atoms with Crippen LogP contribution in [0.3, 0.4) is 0 Å². The molecular weight excluding hydrogens is 212 g/mol. The fraction of sp³-hybridized carbons (Fsp3) is 0.200. The van der Waals surface area contributed by atoms with Gasteiger partial charge in [0.1, 0.15) is 11.4 Å². The van der Waals surface area contributed by atoms with E-state index in [-0.39, 0.29) is 5.75 Å². The minimum Gasteiger partial charge on any atom is -0.508 e. The van der Waals surface area contributed by atoms with Crippen molar-refractivity contribution in [3.8, 4) is 5.75 Å². The molecule has 0 saturated carbocycles. The lowest BCUT2D eigenvalue weighted by Gasteiger charge is -2.25.